The summed E-state index contributed by atoms with van der Waals surface area (Å²) in [6.07, 6.45) is 2.73. The quantitative estimate of drug-likeness (QED) is 0.720. The number of likely N-dealkylation sites (N-methyl/N-ethyl adjacent to an activating group) is 1. The maximum atomic E-state index is 11.8. The molecular formula is C16H29Cl2N3O. The van der Waals surface area contributed by atoms with E-state index in [1.54, 1.807) is 0 Å². The average molecular weight is 350 g/mol. The van der Waals surface area contributed by atoms with Gasteiger partial charge in [0, 0.05) is 25.6 Å². The summed E-state index contributed by atoms with van der Waals surface area (Å²) in [7, 11) is 2.08. The molecule has 0 aromatic heterocycles. The van der Waals surface area contributed by atoms with Crippen molar-refractivity contribution in [3.63, 3.8) is 0 Å². The van der Waals surface area contributed by atoms with Gasteiger partial charge in [-0.2, -0.15) is 0 Å². The standard InChI is InChI=1S/C16H27N3O.2ClH/c1-3-4-11-19(2)12-10-18-16(20)13-15(17)14-8-6-5-7-9-14;;/h5-9,15H,3-4,10-13,17H2,1-2H3,(H,18,20);2*1H. The first kappa shape index (κ1) is 23.5. The number of benzene rings is 1. The van der Waals surface area contributed by atoms with Crippen molar-refractivity contribution in [1.82, 2.24) is 10.2 Å². The average Bonchev–Trinajstić information content (AvgIpc) is 2.46. The second kappa shape index (κ2) is 13.8. The van der Waals surface area contributed by atoms with Gasteiger partial charge in [-0.25, -0.2) is 0 Å². The molecule has 6 heteroatoms. The summed E-state index contributed by atoms with van der Waals surface area (Å²) in [4.78, 5) is 14.0. The summed E-state index contributed by atoms with van der Waals surface area (Å²) in [5.74, 6) is 0.0187. The van der Waals surface area contributed by atoms with Crippen molar-refractivity contribution in [2.24, 2.45) is 5.73 Å². The van der Waals surface area contributed by atoms with Gasteiger partial charge in [0.25, 0.3) is 0 Å². The Bertz CT molecular complexity index is 390. The van der Waals surface area contributed by atoms with Crippen LogP contribution in [0.2, 0.25) is 0 Å². The number of nitrogens with zero attached hydrogens (tertiary/aromatic N) is 1. The summed E-state index contributed by atoms with van der Waals surface area (Å²) < 4.78 is 0. The third kappa shape index (κ3) is 10.0. The molecule has 0 spiro atoms. The second-order valence-electron chi connectivity index (χ2n) is 5.23. The Morgan fingerprint density at radius 1 is 1.23 bits per heavy atom. The lowest BCUT2D eigenvalue weighted by Crippen LogP contribution is -2.34. The van der Waals surface area contributed by atoms with Gasteiger partial charge in [-0.15, -0.1) is 24.8 Å². The maximum Gasteiger partial charge on any atom is 0.221 e. The van der Waals surface area contributed by atoms with E-state index < -0.39 is 0 Å². The van der Waals surface area contributed by atoms with Gasteiger partial charge in [0.1, 0.15) is 0 Å². The molecule has 1 atom stereocenters. The fourth-order valence-corrected chi connectivity index (χ4v) is 2.02. The number of hydrogen-bond donors (Lipinski definition) is 2. The van der Waals surface area contributed by atoms with Crippen molar-refractivity contribution in [3.05, 3.63) is 35.9 Å². The fraction of sp³-hybridized carbons (Fsp3) is 0.562. The predicted molar refractivity (Wildman–Crippen MR) is 97.9 cm³/mol. The first-order valence-corrected chi connectivity index (χ1v) is 7.39. The molecule has 1 aromatic carbocycles. The Balaban J connectivity index is 0. The van der Waals surface area contributed by atoms with Crippen LogP contribution >= 0.6 is 24.8 Å². The Morgan fingerprint density at radius 2 is 1.86 bits per heavy atom. The molecule has 0 bridgehead atoms. The summed E-state index contributed by atoms with van der Waals surface area (Å²) >= 11 is 0. The number of carbonyl (C=O) groups excluding carboxylic acids is 1. The van der Waals surface area contributed by atoms with Crippen LogP contribution in [-0.2, 0) is 4.79 Å². The lowest BCUT2D eigenvalue weighted by Gasteiger charge is -2.17. The largest absolute Gasteiger partial charge is 0.355 e. The van der Waals surface area contributed by atoms with Crippen molar-refractivity contribution in [1.29, 1.82) is 0 Å². The van der Waals surface area contributed by atoms with Crippen LogP contribution in [0.5, 0.6) is 0 Å². The Kier molecular flexibility index (Phi) is 14.7. The molecule has 0 fully saturated rings. The normalized spacial score (nSPS) is 11.3. The van der Waals surface area contributed by atoms with E-state index in [9.17, 15) is 4.79 Å². The van der Waals surface area contributed by atoms with E-state index in [1.165, 1.54) is 12.8 Å². The van der Waals surface area contributed by atoms with Gasteiger partial charge in [0.05, 0.1) is 0 Å². The van der Waals surface area contributed by atoms with Gasteiger partial charge < -0.3 is 16.0 Å². The smallest absolute Gasteiger partial charge is 0.221 e. The highest BCUT2D eigenvalue weighted by Gasteiger charge is 2.10. The van der Waals surface area contributed by atoms with Gasteiger partial charge in [0.15, 0.2) is 0 Å². The number of carbonyl (C=O) groups is 1. The molecule has 22 heavy (non-hydrogen) atoms. The van der Waals surface area contributed by atoms with E-state index >= 15 is 0 Å². The lowest BCUT2D eigenvalue weighted by atomic mass is 10.0. The van der Waals surface area contributed by atoms with E-state index in [4.69, 9.17) is 5.73 Å². The first-order chi connectivity index (χ1) is 9.63. The minimum atomic E-state index is -0.228. The minimum Gasteiger partial charge on any atom is -0.355 e. The molecule has 1 aromatic rings. The van der Waals surface area contributed by atoms with Gasteiger partial charge >= 0.3 is 0 Å². The van der Waals surface area contributed by atoms with E-state index in [-0.39, 0.29) is 36.8 Å². The molecule has 0 radical (unpaired) electrons. The highest BCUT2D eigenvalue weighted by molar-refractivity contribution is 5.85. The van der Waals surface area contributed by atoms with E-state index in [0.717, 1.165) is 18.7 Å². The van der Waals surface area contributed by atoms with Gasteiger partial charge in [-0.3, -0.25) is 4.79 Å². The third-order valence-electron chi connectivity index (χ3n) is 3.34. The predicted octanol–water partition coefficient (Wildman–Crippen LogP) is 2.77. The first-order valence-electron chi connectivity index (χ1n) is 7.39. The van der Waals surface area contributed by atoms with Crippen molar-refractivity contribution in [3.8, 4) is 0 Å². The number of unbranched alkanes of at least 4 members (excludes halogenated alkanes) is 1. The van der Waals surface area contributed by atoms with E-state index in [0.29, 0.717) is 13.0 Å². The van der Waals surface area contributed by atoms with Crippen molar-refractivity contribution in [2.75, 3.05) is 26.7 Å². The molecular weight excluding hydrogens is 321 g/mol. The lowest BCUT2D eigenvalue weighted by molar-refractivity contribution is -0.121. The zero-order valence-corrected chi connectivity index (χ0v) is 15.1. The Hall–Kier alpha value is -0.810. The maximum absolute atomic E-state index is 11.8. The van der Waals surface area contributed by atoms with Crippen LogP contribution in [0.15, 0.2) is 30.3 Å². The zero-order valence-electron chi connectivity index (χ0n) is 13.5. The highest BCUT2D eigenvalue weighted by atomic mass is 35.5. The van der Waals surface area contributed by atoms with E-state index in [2.05, 4.69) is 24.2 Å². The number of halogens is 2. The number of hydrogen-bond acceptors (Lipinski definition) is 3. The molecule has 0 aliphatic rings. The molecule has 128 valence electrons. The van der Waals surface area contributed by atoms with Gasteiger partial charge in [0.2, 0.25) is 5.91 Å². The Morgan fingerprint density at radius 3 is 2.45 bits per heavy atom. The van der Waals surface area contributed by atoms with Crippen molar-refractivity contribution in [2.45, 2.75) is 32.2 Å². The van der Waals surface area contributed by atoms with Crippen molar-refractivity contribution < 1.29 is 4.79 Å². The van der Waals surface area contributed by atoms with Crippen LogP contribution < -0.4 is 11.1 Å². The molecule has 0 aliphatic heterocycles. The fourth-order valence-electron chi connectivity index (χ4n) is 2.02. The molecule has 4 nitrogen and oxygen atoms in total. The summed E-state index contributed by atoms with van der Waals surface area (Å²) in [5.41, 5.74) is 7.02. The van der Waals surface area contributed by atoms with Crippen LogP contribution in [0.25, 0.3) is 0 Å². The highest BCUT2D eigenvalue weighted by Crippen LogP contribution is 2.12. The minimum absolute atomic E-state index is 0. The number of amides is 1. The molecule has 0 saturated carbocycles. The summed E-state index contributed by atoms with van der Waals surface area (Å²) in [5, 5.41) is 2.93. The molecule has 1 amide bonds. The molecule has 0 aliphatic carbocycles. The summed E-state index contributed by atoms with van der Waals surface area (Å²) in [6.45, 7) is 4.82. The molecule has 3 N–H and O–H groups in total. The topological polar surface area (TPSA) is 58.4 Å². The van der Waals surface area contributed by atoms with Crippen LogP contribution in [0.4, 0.5) is 0 Å². The third-order valence-corrected chi connectivity index (χ3v) is 3.34. The SMILES string of the molecule is CCCCN(C)CCNC(=O)CC(N)c1ccccc1.Cl.Cl. The monoisotopic (exact) mass is 349 g/mol. The number of nitrogens with one attached hydrogen (secondary N) is 1. The van der Waals surface area contributed by atoms with Crippen LogP contribution in [0.3, 0.4) is 0 Å². The van der Waals surface area contributed by atoms with E-state index in [1.807, 2.05) is 30.3 Å². The van der Waals surface area contributed by atoms with Crippen molar-refractivity contribution >= 4 is 30.7 Å². The van der Waals surface area contributed by atoms with Crippen LogP contribution in [-0.4, -0.2) is 37.5 Å². The molecule has 1 unspecified atom stereocenters. The summed E-state index contributed by atoms with van der Waals surface area (Å²) in [6, 6.07) is 9.51. The van der Waals surface area contributed by atoms with Gasteiger partial charge in [-0.1, -0.05) is 43.7 Å². The Labute approximate surface area is 146 Å². The molecule has 0 heterocycles. The van der Waals surface area contributed by atoms with Gasteiger partial charge in [-0.05, 0) is 25.6 Å². The second-order valence-corrected chi connectivity index (χ2v) is 5.23. The van der Waals surface area contributed by atoms with Crippen LogP contribution in [0, 0.1) is 0 Å². The van der Waals surface area contributed by atoms with Crippen LogP contribution in [0.1, 0.15) is 37.8 Å². The molecule has 1 rings (SSSR count). The number of rotatable bonds is 9. The number of nitrogens with two attached hydrogens (primary N) is 1. The zero-order chi connectivity index (χ0) is 14.8. The molecule has 0 saturated heterocycles.